The number of carboxylic acids is 1. The first-order chi connectivity index (χ1) is 6.43. The monoisotopic (exact) mass is 219 g/mol. The first kappa shape index (κ1) is 10.4. The van der Waals surface area contributed by atoms with Gasteiger partial charge in [0.15, 0.2) is 0 Å². The largest absolute Gasteiger partial charge is 0.478 e. The predicted molar refractivity (Wildman–Crippen MR) is 45.0 cm³/mol. The van der Waals surface area contributed by atoms with E-state index in [4.69, 9.17) is 16.7 Å². The summed E-state index contributed by atoms with van der Waals surface area (Å²) in [6.45, 7) is 0. The molecule has 0 bridgehead atoms. The first-order valence-electron chi connectivity index (χ1n) is 3.30. The molecule has 0 unspecified atom stereocenters. The van der Waals surface area contributed by atoms with Crippen LogP contribution in [0, 0.1) is 15.9 Å². The zero-order chi connectivity index (χ0) is 10.9. The molecule has 0 aliphatic rings. The van der Waals surface area contributed by atoms with Gasteiger partial charge < -0.3 is 5.11 Å². The van der Waals surface area contributed by atoms with Gasteiger partial charge in [0.2, 0.25) is 5.82 Å². The average Bonchev–Trinajstić information content (AvgIpc) is 2.07. The van der Waals surface area contributed by atoms with Crippen LogP contribution in [0.1, 0.15) is 10.4 Å². The Balaban J connectivity index is 3.47. The number of benzene rings is 1. The molecule has 1 aromatic rings. The van der Waals surface area contributed by atoms with Gasteiger partial charge in [-0.3, -0.25) is 10.1 Å². The van der Waals surface area contributed by atoms with Crippen molar-refractivity contribution in [3.05, 3.63) is 38.7 Å². The van der Waals surface area contributed by atoms with Crippen LogP contribution in [0.4, 0.5) is 10.1 Å². The first-order valence-corrected chi connectivity index (χ1v) is 3.68. The van der Waals surface area contributed by atoms with Gasteiger partial charge in [-0.05, 0) is 6.07 Å². The van der Waals surface area contributed by atoms with Gasteiger partial charge in [0.25, 0.3) is 0 Å². The summed E-state index contributed by atoms with van der Waals surface area (Å²) in [5, 5.41) is 18.5. The van der Waals surface area contributed by atoms with E-state index in [9.17, 15) is 19.3 Å². The zero-order valence-corrected chi connectivity index (χ0v) is 7.29. The second kappa shape index (κ2) is 3.59. The van der Waals surface area contributed by atoms with Crippen LogP contribution in [0.5, 0.6) is 0 Å². The lowest BCUT2D eigenvalue weighted by molar-refractivity contribution is -0.387. The van der Waals surface area contributed by atoms with E-state index >= 15 is 0 Å². The minimum atomic E-state index is -1.60. The van der Waals surface area contributed by atoms with Crippen LogP contribution in [-0.2, 0) is 0 Å². The Morgan fingerprint density at radius 3 is 2.57 bits per heavy atom. The molecule has 1 rings (SSSR count). The number of halogens is 2. The Morgan fingerprint density at radius 2 is 2.14 bits per heavy atom. The summed E-state index contributed by atoms with van der Waals surface area (Å²) < 4.78 is 13.1. The molecule has 74 valence electrons. The third-order valence-electron chi connectivity index (χ3n) is 1.45. The van der Waals surface area contributed by atoms with Crippen LogP contribution in [0.3, 0.4) is 0 Å². The summed E-state index contributed by atoms with van der Waals surface area (Å²) in [6, 6.07) is 1.57. The minimum Gasteiger partial charge on any atom is -0.478 e. The van der Waals surface area contributed by atoms with E-state index in [1.165, 1.54) is 0 Å². The second-order valence-electron chi connectivity index (χ2n) is 2.35. The average molecular weight is 220 g/mol. The minimum absolute atomic E-state index is 0.199. The van der Waals surface area contributed by atoms with Crippen molar-refractivity contribution in [1.82, 2.24) is 0 Å². The third-order valence-corrected chi connectivity index (χ3v) is 1.66. The lowest BCUT2D eigenvalue weighted by atomic mass is 10.2. The summed E-state index contributed by atoms with van der Waals surface area (Å²) >= 11 is 5.38. The second-order valence-corrected chi connectivity index (χ2v) is 2.79. The lowest BCUT2D eigenvalue weighted by Crippen LogP contribution is -2.03. The lowest BCUT2D eigenvalue weighted by Gasteiger charge is -1.99. The number of carbonyl (C=O) groups is 1. The molecule has 0 spiro atoms. The van der Waals surface area contributed by atoms with Gasteiger partial charge in [-0.2, -0.15) is 4.39 Å². The number of hydrogen-bond donors (Lipinski definition) is 1. The maximum atomic E-state index is 13.1. The third kappa shape index (κ3) is 1.80. The Hall–Kier alpha value is -1.69. The highest BCUT2D eigenvalue weighted by Gasteiger charge is 2.22. The molecule has 0 aliphatic heterocycles. The summed E-state index contributed by atoms with van der Waals surface area (Å²) in [4.78, 5) is 19.7. The van der Waals surface area contributed by atoms with Gasteiger partial charge in [-0.1, -0.05) is 11.6 Å². The highest BCUT2D eigenvalue weighted by molar-refractivity contribution is 6.31. The summed E-state index contributed by atoms with van der Waals surface area (Å²) in [5.74, 6) is -3.00. The molecule has 7 heteroatoms. The molecule has 0 heterocycles. The number of carboxylic acid groups (broad SMARTS) is 1. The van der Waals surface area contributed by atoms with E-state index in [1.807, 2.05) is 0 Å². The Morgan fingerprint density at radius 1 is 1.57 bits per heavy atom. The number of rotatable bonds is 2. The van der Waals surface area contributed by atoms with Gasteiger partial charge in [-0.25, -0.2) is 4.79 Å². The molecule has 0 amide bonds. The van der Waals surface area contributed by atoms with E-state index in [2.05, 4.69) is 0 Å². The molecule has 0 atom stereocenters. The topological polar surface area (TPSA) is 80.4 Å². The summed E-state index contributed by atoms with van der Waals surface area (Å²) in [6.07, 6.45) is 0. The van der Waals surface area contributed by atoms with E-state index in [0.717, 1.165) is 12.1 Å². The Kier molecular flexibility index (Phi) is 2.66. The normalized spacial score (nSPS) is 9.86. The molecule has 14 heavy (non-hydrogen) atoms. The highest BCUT2D eigenvalue weighted by atomic mass is 35.5. The quantitative estimate of drug-likeness (QED) is 0.610. The highest BCUT2D eigenvalue weighted by Crippen LogP contribution is 2.25. The van der Waals surface area contributed by atoms with Crippen LogP contribution in [-0.4, -0.2) is 16.0 Å². The van der Waals surface area contributed by atoms with Crippen molar-refractivity contribution in [1.29, 1.82) is 0 Å². The van der Waals surface area contributed by atoms with Crippen LogP contribution < -0.4 is 0 Å². The van der Waals surface area contributed by atoms with Crippen molar-refractivity contribution in [2.24, 2.45) is 0 Å². The molecule has 5 nitrogen and oxygen atoms in total. The molecule has 0 fully saturated rings. The molecule has 1 aromatic carbocycles. The molecule has 0 saturated heterocycles. The van der Waals surface area contributed by atoms with E-state index in [0.29, 0.717) is 0 Å². The number of nitro benzene ring substituents is 1. The molecule has 0 aromatic heterocycles. The maximum absolute atomic E-state index is 13.1. The van der Waals surface area contributed by atoms with E-state index in [-0.39, 0.29) is 5.02 Å². The van der Waals surface area contributed by atoms with Gasteiger partial charge in [-0.15, -0.1) is 0 Å². The maximum Gasteiger partial charge on any atom is 0.339 e. The van der Waals surface area contributed by atoms with Crippen molar-refractivity contribution in [2.75, 3.05) is 0 Å². The molecular formula is C7H3ClFNO4. The number of aromatic carboxylic acids is 1. The fourth-order valence-electron chi connectivity index (χ4n) is 0.863. The Labute approximate surface area is 81.9 Å². The molecule has 1 N–H and O–H groups in total. The number of nitrogens with zero attached hydrogens (tertiary/aromatic N) is 1. The van der Waals surface area contributed by atoms with Gasteiger partial charge in [0, 0.05) is 11.1 Å². The number of nitro groups is 1. The van der Waals surface area contributed by atoms with Gasteiger partial charge in [0.05, 0.1) is 4.92 Å². The van der Waals surface area contributed by atoms with Gasteiger partial charge >= 0.3 is 11.7 Å². The van der Waals surface area contributed by atoms with Crippen LogP contribution in [0.25, 0.3) is 0 Å². The standard InChI is InChI=1S/C7H3ClFNO4/c8-3-1-4(7(11)12)6(9)5(2-3)10(13)14/h1-2H,(H,11,12). The van der Waals surface area contributed by atoms with Crippen LogP contribution in [0.15, 0.2) is 12.1 Å². The van der Waals surface area contributed by atoms with E-state index in [1.54, 1.807) is 0 Å². The molecular weight excluding hydrogens is 217 g/mol. The van der Waals surface area contributed by atoms with Crippen molar-refractivity contribution in [2.45, 2.75) is 0 Å². The fourth-order valence-corrected chi connectivity index (χ4v) is 1.08. The van der Waals surface area contributed by atoms with Crippen molar-refractivity contribution in [3.63, 3.8) is 0 Å². The summed E-state index contributed by atoms with van der Waals surface area (Å²) in [5.41, 5.74) is -1.76. The number of hydrogen-bond acceptors (Lipinski definition) is 3. The van der Waals surface area contributed by atoms with Crippen molar-refractivity contribution >= 4 is 23.3 Å². The predicted octanol–water partition coefficient (Wildman–Crippen LogP) is 2.09. The molecule has 0 radical (unpaired) electrons. The molecule has 0 saturated carbocycles. The van der Waals surface area contributed by atoms with E-state index < -0.39 is 28.0 Å². The SMILES string of the molecule is O=C(O)c1cc(Cl)cc([N+](=O)[O-])c1F. The van der Waals surface area contributed by atoms with Gasteiger partial charge in [0.1, 0.15) is 5.56 Å². The van der Waals surface area contributed by atoms with Crippen molar-refractivity contribution < 1.29 is 19.2 Å². The summed E-state index contributed by atoms with van der Waals surface area (Å²) in [7, 11) is 0. The molecule has 0 aliphatic carbocycles. The van der Waals surface area contributed by atoms with Crippen molar-refractivity contribution in [3.8, 4) is 0 Å². The Bertz CT molecular complexity index is 385. The van der Waals surface area contributed by atoms with Crippen LogP contribution >= 0.6 is 11.6 Å². The zero-order valence-electron chi connectivity index (χ0n) is 6.53. The van der Waals surface area contributed by atoms with Crippen LogP contribution in [0.2, 0.25) is 5.02 Å². The smallest absolute Gasteiger partial charge is 0.339 e. The fraction of sp³-hybridized carbons (Fsp3) is 0.